The molecule has 0 bridgehead atoms. The molecule has 31 heteroatoms. The number of thiophene rings is 1. The summed E-state index contributed by atoms with van der Waals surface area (Å²) in [6.45, 7) is 5.86. The van der Waals surface area contributed by atoms with Gasteiger partial charge in [0.2, 0.25) is 16.9 Å². The topological polar surface area (TPSA) is 384 Å². The Bertz CT molecular complexity index is 2960. The van der Waals surface area contributed by atoms with Crippen LogP contribution in [0, 0.1) is 12.3 Å². The summed E-state index contributed by atoms with van der Waals surface area (Å²) < 4.78 is 62.8. The average Bonchev–Trinajstić information content (AvgIpc) is 4.04. The number of amides is 3. The van der Waals surface area contributed by atoms with Gasteiger partial charge in [-0.2, -0.15) is 4.31 Å². The van der Waals surface area contributed by atoms with Gasteiger partial charge in [0.25, 0.3) is 5.91 Å². The number of aryl methyl sites for hydroxylation is 1. The van der Waals surface area contributed by atoms with E-state index in [2.05, 4.69) is 34.4 Å². The van der Waals surface area contributed by atoms with Gasteiger partial charge in [-0.3, -0.25) is 37.3 Å². The molecule has 74 heavy (non-hydrogen) atoms. The highest BCUT2D eigenvalue weighted by atomic mass is 32.2. The predicted molar refractivity (Wildman–Crippen MR) is 269 cm³/mol. The molecule has 7 unspecified atom stereocenters. The highest BCUT2D eigenvalue weighted by Crippen LogP contribution is 2.61. The number of rotatable bonds is 24. The van der Waals surface area contributed by atoms with Gasteiger partial charge in [0, 0.05) is 47.2 Å². The Labute approximate surface area is 431 Å². The van der Waals surface area contributed by atoms with Crippen LogP contribution in [0.25, 0.3) is 21.6 Å². The van der Waals surface area contributed by atoms with E-state index in [-0.39, 0.29) is 59.3 Å². The molecule has 0 radical (unpaired) electrons. The Morgan fingerprint density at radius 1 is 0.959 bits per heavy atom. The third kappa shape index (κ3) is 15.2. The highest BCUT2D eigenvalue weighted by Gasteiger charge is 2.50. The molecule has 402 valence electrons. The molecule has 1 fully saturated rings. The Balaban J connectivity index is 0.953. The fraction of sp³-hybridized carbons (Fsp3) is 0.419. The molecule has 10 N–H and O–H groups in total. The number of aliphatic hydroxyl groups excluding tert-OH is 2. The van der Waals surface area contributed by atoms with Gasteiger partial charge in [-0.05, 0) is 44.5 Å². The summed E-state index contributed by atoms with van der Waals surface area (Å²) in [5.41, 5.74) is 7.01. The fourth-order valence-electron chi connectivity index (χ4n) is 7.25. The predicted octanol–water partition coefficient (Wildman–Crippen LogP) is 4.07. The largest absolute Gasteiger partial charge is 0.481 e. The maximum absolute atomic E-state index is 13.9. The van der Waals surface area contributed by atoms with Gasteiger partial charge in [-0.15, -0.1) is 11.3 Å². The number of imidazole rings is 1. The summed E-state index contributed by atoms with van der Waals surface area (Å²) in [6.07, 6.45) is -7.14. The van der Waals surface area contributed by atoms with Crippen LogP contribution in [0.5, 0.6) is 0 Å². The van der Waals surface area contributed by atoms with Crippen molar-refractivity contribution in [3.05, 3.63) is 89.3 Å². The van der Waals surface area contributed by atoms with Crippen LogP contribution in [0.4, 0.5) is 11.5 Å². The summed E-state index contributed by atoms with van der Waals surface area (Å²) in [6, 6.07) is 18.1. The standard InChI is InChI=1S/C43H55N8O18P3S2/c1-24(2)51(40(56)27-13-11-25(3)12-14-27)28-19-30(26-9-7-6-8-10-26)74-35(28)42(57)73-18-17-45-31(52)15-16-46-39(55)36(54)43(4,5)21-66-72(63,64)69-71(61,62)65-20-29-34(68-70(58,59)60)33(53)41(67-29)50-23-49-32-37(44)47-22-48-38(32)50/h6-14,19,22-24,29,33-34,36,41,53-54H,15-18,20-21H2,1-5H3,(H,45,52)(H,46,55)(H,61,62)(H,63,64)(H2,44,47,48)(H2,58,59,60). The number of fused-ring (bicyclic) bond motifs is 1. The van der Waals surface area contributed by atoms with Crippen LogP contribution in [0.2, 0.25) is 0 Å². The monoisotopic (exact) mass is 1130 g/mol. The third-order valence-electron chi connectivity index (χ3n) is 11.0. The number of aromatic nitrogens is 4. The Morgan fingerprint density at radius 3 is 2.30 bits per heavy atom. The number of aliphatic hydroxyl groups is 2. The van der Waals surface area contributed by atoms with Gasteiger partial charge < -0.3 is 55.8 Å². The van der Waals surface area contributed by atoms with E-state index in [0.29, 0.717) is 16.1 Å². The zero-order valence-electron chi connectivity index (χ0n) is 40.2. The number of carbonyl (C=O) groups excluding carboxylic acids is 4. The number of benzene rings is 2. The van der Waals surface area contributed by atoms with Crippen LogP contribution in [0.15, 0.2) is 73.3 Å². The van der Waals surface area contributed by atoms with Gasteiger partial charge >= 0.3 is 23.5 Å². The lowest BCUT2D eigenvalue weighted by Gasteiger charge is -2.30. The van der Waals surface area contributed by atoms with Crippen LogP contribution in [-0.4, -0.2) is 135 Å². The molecule has 7 atom stereocenters. The first-order valence-electron chi connectivity index (χ1n) is 22.3. The first-order valence-corrected chi connectivity index (χ1v) is 28.6. The molecule has 0 aliphatic carbocycles. The zero-order valence-corrected chi connectivity index (χ0v) is 44.5. The second kappa shape index (κ2) is 24.4. The second-order valence-corrected chi connectivity index (χ2v) is 23.9. The van der Waals surface area contributed by atoms with E-state index in [1.807, 2.05) is 69.3 Å². The number of thioether (sulfide) groups is 1. The minimum absolute atomic E-state index is 0.0200. The zero-order chi connectivity index (χ0) is 54.3. The molecule has 0 spiro atoms. The van der Waals surface area contributed by atoms with Crippen LogP contribution >= 0.6 is 46.6 Å². The normalized spacial score (nSPS) is 19.2. The molecular weight excluding hydrogens is 1070 g/mol. The van der Waals surface area contributed by atoms with Crippen molar-refractivity contribution in [3.63, 3.8) is 0 Å². The SMILES string of the molecule is Cc1ccc(C(=O)N(c2cc(-c3ccccc3)sc2C(=O)SCCNC(=O)CCNC(=O)C(O)C(C)(C)COP(=O)(O)OP(=O)(O)OCC2OC(n3cnc4c(N)ncnc43)C(O)C2OP(=O)(O)O)C(C)C)cc1. The van der Waals surface area contributed by atoms with Crippen molar-refractivity contribution >= 4 is 92.1 Å². The number of hydrogen-bond donors (Lipinski definition) is 9. The molecule has 1 saturated heterocycles. The summed E-state index contributed by atoms with van der Waals surface area (Å²) in [5.74, 6) is -1.67. The number of nitrogens with two attached hydrogens (primary N) is 1. The number of nitrogen functional groups attached to an aromatic ring is 1. The maximum atomic E-state index is 13.9. The summed E-state index contributed by atoms with van der Waals surface area (Å²) in [5, 5.41) is 26.5. The first-order chi connectivity index (χ1) is 34.7. The van der Waals surface area contributed by atoms with Crippen LogP contribution in [0.1, 0.15) is 65.9 Å². The first kappa shape index (κ1) is 58.4. The summed E-state index contributed by atoms with van der Waals surface area (Å²) in [7, 11) is -16.5. The average molecular weight is 1130 g/mol. The van der Waals surface area contributed by atoms with Gasteiger partial charge in [-0.25, -0.2) is 28.6 Å². The van der Waals surface area contributed by atoms with Crippen molar-refractivity contribution in [2.45, 2.75) is 77.7 Å². The van der Waals surface area contributed by atoms with Crippen molar-refractivity contribution in [1.29, 1.82) is 0 Å². The Kier molecular flexibility index (Phi) is 19.3. The quantitative estimate of drug-likeness (QED) is 0.0310. The van der Waals surface area contributed by atoms with Gasteiger partial charge in [-0.1, -0.05) is 73.6 Å². The molecule has 4 heterocycles. The van der Waals surface area contributed by atoms with E-state index in [1.165, 1.54) is 25.2 Å². The third-order valence-corrected chi connectivity index (χ3v) is 16.3. The number of hydrogen-bond acceptors (Lipinski definition) is 20. The van der Waals surface area contributed by atoms with Crippen molar-refractivity contribution in [2.75, 3.05) is 42.7 Å². The molecule has 26 nitrogen and oxygen atoms in total. The van der Waals surface area contributed by atoms with Crippen molar-refractivity contribution < 1.29 is 85.3 Å². The number of nitrogens with one attached hydrogen (secondary N) is 2. The number of carbonyl (C=O) groups is 4. The lowest BCUT2D eigenvalue weighted by Crippen LogP contribution is -2.46. The maximum Gasteiger partial charge on any atom is 0.481 e. The molecule has 3 amide bonds. The van der Waals surface area contributed by atoms with Crippen LogP contribution in [-0.2, 0) is 45.9 Å². The lowest BCUT2D eigenvalue weighted by molar-refractivity contribution is -0.137. The number of nitrogens with zero attached hydrogens (tertiary/aromatic N) is 5. The van der Waals surface area contributed by atoms with Crippen molar-refractivity contribution in [3.8, 4) is 10.4 Å². The van der Waals surface area contributed by atoms with E-state index in [1.54, 1.807) is 17.0 Å². The van der Waals surface area contributed by atoms with E-state index in [9.17, 15) is 62.7 Å². The lowest BCUT2D eigenvalue weighted by atomic mass is 9.87. The second-order valence-electron chi connectivity index (χ2n) is 17.5. The Hall–Kier alpha value is -4.83. The minimum atomic E-state index is -5.62. The molecule has 5 aromatic rings. The molecular formula is C43H55N8O18P3S2. The van der Waals surface area contributed by atoms with Gasteiger partial charge in [0.05, 0.1) is 25.2 Å². The fourth-order valence-corrected chi connectivity index (χ4v) is 12.0. The molecule has 6 rings (SSSR count). The summed E-state index contributed by atoms with van der Waals surface area (Å²) in [4.78, 5) is 107. The summed E-state index contributed by atoms with van der Waals surface area (Å²) >= 11 is 2.22. The van der Waals surface area contributed by atoms with Gasteiger partial charge in [0.1, 0.15) is 41.1 Å². The number of ether oxygens (including phenoxy) is 1. The Morgan fingerprint density at radius 2 is 1.64 bits per heavy atom. The number of phosphoric ester groups is 3. The van der Waals surface area contributed by atoms with Crippen molar-refractivity contribution in [1.82, 2.24) is 30.2 Å². The number of phosphoric acid groups is 3. The molecule has 0 saturated carbocycles. The van der Waals surface area contributed by atoms with E-state index >= 15 is 0 Å². The number of anilines is 2. The van der Waals surface area contributed by atoms with E-state index in [0.717, 1.165) is 45.0 Å². The molecule has 1 aliphatic heterocycles. The van der Waals surface area contributed by atoms with Crippen molar-refractivity contribution in [2.24, 2.45) is 5.41 Å². The highest BCUT2D eigenvalue weighted by molar-refractivity contribution is 8.14. The molecule has 1 aliphatic rings. The molecule has 2 aromatic carbocycles. The van der Waals surface area contributed by atoms with Crippen LogP contribution < -0.4 is 21.3 Å². The van der Waals surface area contributed by atoms with E-state index in [4.69, 9.17) is 19.5 Å². The van der Waals surface area contributed by atoms with E-state index < -0.39 is 84.6 Å². The molecule has 3 aromatic heterocycles. The van der Waals surface area contributed by atoms with Gasteiger partial charge in [0.15, 0.2) is 17.7 Å². The van der Waals surface area contributed by atoms with Crippen LogP contribution in [0.3, 0.4) is 0 Å². The minimum Gasteiger partial charge on any atom is -0.386 e. The smallest absolute Gasteiger partial charge is 0.386 e.